The van der Waals surface area contributed by atoms with Gasteiger partial charge in [-0.2, -0.15) is 0 Å². The van der Waals surface area contributed by atoms with Crippen molar-refractivity contribution in [2.24, 2.45) is 0 Å². The number of carbonyl (C=O) groups excluding carboxylic acids is 2. The summed E-state index contributed by atoms with van der Waals surface area (Å²) in [6.45, 7) is 4.10. The number of benzene rings is 1. The Labute approximate surface area is 120 Å². The van der Waals surface area contributed by atoms with Crippen LogP contribution in [0.15, 0.2) is 27.4 Å². The highest BCUT2D eigenvalue weighted by Gasteiger charge is 2.31. The van der Waals surface area contributed by atoms with Crippen molar-refractivity contribution in [1.82, 2.24) is 9.88 Å². The lowest BCUT2D eigenvalue weighted by Crippen LogP contribution is -2.43. The van der Waals surface area contributed by atoms with Crippen molar-refractivity contribution < 1.29 is 14.0 Å². The molecule has 21 heavy (non-hydrogen) atoms. The molecule has 110 valence electrons. The average Bonchev–Trinajstić information content (AvgIpc) is 2.74. The third-order valence-corrected chi connectivity index (χ3v) is 3.83. The number of hydrogen-bond acceptors (Lipinski definition) is 4. The van der Waals surface area contributed by atoms with Crippen molar-refractivity contribution >= 4 is 22.9 Å². The fourth-order valence-electron chi connectivity index (χ4n) is 2.64. The molecule has 1 aliphatic heterocycles. The zero-order chi connectivity index (χ0) is 15.1. The number of hydrogen-bond donors (Lipinski definition) is 1. The second kappa shape index (κ2) is 4.87. The summed E-state index contributed by atoms with van der Waals surface area (Å²) in [6, 6.07) is 4.84. The molecule has 0 saturated carbocycles. The Bertz CT molecular complexity index is 785. The molecule has 6 nitrogen and oxygen atoms in total. The zero-order valence-electron chi connectivity index (χ0n) is 11.9. The maximum Gasteiger partial charge on any atom is 0.420 e. The molecular formula is C15H16N2O4. The van der Waals surface area contributed by atoms with Gasteiger partial charge in [0.15, 0.2) is 5.58 Å². The standard InChI is InChI=1S/C15H16N2O4/c1-8(2)9-3-4-10-12(7-9)21-15(20)17(10)11-5-6-13(18)16-14(11)19/h3-4,7-8,11H,5-6H2,1-2H3,(H,16,18,19)/t11-/m1/s1. The lowest BCUT2D eigenvalue weighted by atomic mass is 10.0. The average molecular weight is 288 g/mol. The van der Waals surface area contributed by atoms with Gasteiger partial charge in [-0.1, -0.05) is 19.9 Å². The molecule has 0 spiro atoms. The fourth-order valence-corrected chi connectivity index (χ4v) is 2.64. The van der Waals surface area contributed by atoms with Gasteiger partial charge in [-0.25, -0.2) is 4.79 Å². The first-order valence-electron chi connectivity index (χ1n) is 6.96. The number of fused-ring (bicyclic) bond motifs is 1. The maximum atomic E-state index is 12.1. The van der Waals surface area contributed by atoms with Crippen LogP contribution >= 0.6 is 0 Å². The number of piperidine rings is 1. The van der Waals surface area contributed by atoms with Crippen LogP contribution in [0.3, 0.4) is 0 Å². The first kappa shape index (κ1) is 13.6. The van der Waals surface area contributed by atoms with Crippen molar-refractivity contribution in [1.29, 1.82) is 0 Å². The molecule has 0 unspecified atom stereocenters. The predicted octanol–water partition coefficient (Wildman–Crippen LogP) is 1.70. The van der Waals surface area contributed by atoms with Crippen molar-refractivity contribution in [3.63, 3.8) is 0 Å². The van der Waals surface area contributed by atoms with E-state index in [0.717, 1.165) is 5.56 Å². The highest BCUT2D eigenvalue weighted by Crippen LogP contribution is 2.25. The summed E-state index contributed by atoms with van der Waals surface area (Å²) in [7, 11) is 0. The number of oxazole rings is 1. The third-order valence-electron chi connectivity index (χ3n) is 3.83. The van der Waals surface area contributed by atoms with Gasteiger partial charge in [-0.3, -0.25) is 19.5 Å². The van der Waals surface area contributed by atoms with Crippen LogP contribution in [-0.4, -0.2) is 16.4 Å². The molecule has 1 fully saturated rings. The molecule has 2 heterocycles. The molecule has 1 aliphatic rings. The number of rotatable bonds is 2. The molecular weight excluding hydrogens is 272 g/mol. The molecule has 0 radical (unpaired) electrons. The van der Waals surface area contributed by atoms with Gasteiger partial charge < -0.3 is 4.42 Å². The first-order valence-corrected chi connectivity index (χ1v) is 6.96. The van der Waals surface area contributed by atoms with Crippen LogP contribution < -0.4 is 11.1 Å². The van der Waals surface area contributed by atoms with Crippen LogP contribution in [0.5, 0.6) is 0 Å². The minimum absolute atomic E-state index is 0.222. The van der Waals surface area contributed by atoms with E-state index in [0.29, 0.717) is 23.4 Å². The summed E-state index contributed by atoms with van der Waals surface area (Å²) in [5, 5.41) is 2.26. The molecule has 1 aromatic heterocycles. The topological polar surface area (TPSA) is 81.3 Å². The third kappa shape index (κ3) is 2.26. The highest BCUT2D eigenvalue weighted by atomic mass is 16.4. The van der Waals surface area contributed by atoms with E-state index in [1.165, 1.54) is 4.57 Å². The first-order chi connectivity index (χ1) is 9.97. The Morgan fingerprint density at radius 3 is 2.71 bits per heavy atom. The molecule has 2 amide bonds. The number of carbonyl (C=O) groups is 2. The Hall–Kier alpha value is -2.37. The summed E-state index contributed by atoms with van der Waals surface area (Å²) in [4.78, 5) is 35.2. The normalized spacial score (nSPS) is 19.3. The lowest BCUT2D eigenvalue weighted by molar-refractivity contribution is -0.135. The van der Waals surface area contributed by atoms with E-state index in [2.05, 4.69) is 19.2 Å². The molecule has 1 N–H and O–H groups in total. The second-order valence-electron chi connectivity index (χ2n) is 5.59. The number of imide groups is 1. The van der Waals surface area contributed by atoms with Crippen LogP contribution in [0.4, 0.5) is 0 Å². The summed E-state index contributed by atoms with van der Waals surface area (Å²) < 4.78 is 6.60. The summed E-state index contributed by atoms with van der Waals surface area (Å²) >= 11 is 0. The fraction of sp³-hybridized carbons (Fsp3) is 0.400. The number of nitrogens with zero attached hydrogens (tertiary/aromatic N) is 1. The molecule has 0 bridgehead atoms. The Balaban J connectivity index is 2.11. The van der Waals surface area contributed by atoms with E-state index in [1.807, 2.05) is 12.1 Å². The van der Waals surface area contributed by atoms with E-state index in [9.17, 15) is 14.4 Å². The van der Waals surface area contributed by atoms with E-state index in [4.69, 9.17) is 4.42 Å². The van der Waals surface area contributed by atoms with Gasteiger partial charge in [-0.15, -0.1) is 0 Å². The van der Waals surface area contributed by atoms with Crippen LogP contribution in [0.25, 0.3) is 11.1 Å². The van der Waals surface area contributed by atoms with Gasteiger partial charge in [0.25, 0.3) is 0 Å². The summed E-state index contributed by atoms with van der Waals surface area (Å²) in [6.07, 6.45) is 0.532. The van der Waals surface area contributed by atoms with Crippen molar-refractivity contribution in [2.45, 2.75) is 38.6 Å². The molecule has 1 aromatic carbocycles. The monoisotopic (exact) mass is 288 g/mol. The Morgan fingerprint density at radius 1 is 1.29 bits per heavy atom. The van der Waals surface area contributed by atoms with E-state index < -0.39 is 17.7 Å². The van der Waals surface area contributed by atoms with Crippen molar-refractivity contribution in [3.05, 3.63) is 34.3 Å². The van der Waals surface area contributed by atoms with Crippen LogP contribution in [0.1, 0.15) is 44.2 Å². The van der Waals surface area contributed by atoms with Crippen LogP contribution in [0, 0.1) is 0 Å². The Morgan fingerprint density at radius 2 is 2.05 bits per heavy atom. The van der Waals surface area contributed by atoms with Crippen LogP contribution in [0.2, 0.25) is 0 Å². The van der Waals surface area contributed by atoms with Gasteiger partial charge in [0.2, 0.25) is 11.8 Å². The maximum absolute atomic E-state index is 12.1. The van der Waals surface area contributed by atoms with E-state index in [-0.39, 0.29) is 12.3 Å². The number of amides is 2. The molecule has 3 rings (SSSR count). The molecule has 6 heteroatoms. The molecule has 0 aliphatic carbocycles. The highest BCUT2D eigenvalue weighted by molar-refractivity contribution is 6.00. The van der Waals surface area contributed by atoms with Crippen molar-refractivity contribution in [3.8, 4) is 0 Å². The minimum Gasteiger partial charge on any atom is -0.408 e. The van der Waals surface area contributed by atoms with Crippen molar-refractivity contribution in [2.75, 3.05) is 0 Å². The van der Waals surface area contributed by atoms with Gasteiger partial charge in [0.1, 0.15) is 6.04 Å². The summed E-state index contributed by atoms with van der Waals surface area (Å²) in [5.41, 5.74) is 2.11. The molecule has 1 atom stereocenters. The van der Waals surface area contributed by atoms with Gasteiger partial charge in [0.05, 0.1) is 5.52 Å². The van der Waals surface area contributed by atoms with Crippen LogP contribution in [-0.2, 0) is 9.59 Å². The second-order valence-corrected chi connectivity index (χ2v) is 5.59. The number of aromatic nitrogens is 1. The SMILES string of the molecule is CC(C)c1ccc2c(c1)oc(=O)n2[C@@H]1CCC(=O)NC1=O. The largest absolute Gasteiger partial charge is 0.420 e. The van der Waals surface area contributed by atoms with Gasteiger partial charge in [0, 0.05) is 6.42 Å². The van der Waals surface area contributed by atoms with Gasteiger partial charge in [-0.05, 0) is 30.0 Å². The smallest absolute Gasteiger partial charge is 0.408 e. The summed E-state index contributed by atoms with van der Waals surface area (Å²) in [5.74, 6) is -1.01. The Kier molecular flexibility index (Phi) is 3.16. The zero-order valence-corrected chi connectivity index (χ0v) is 11.9. The lowest BCUT2D eigenvalue weighted by Gasteiger charge is -2.21. The minimum atomic E-state index is -0.693. The predicted molar refractivity (Wildman–Crippen MR) is 76.0 cm³/mol. The number of nitrogens with one attached hydrogen (secondary N) is 1. The molecule has 2 aromatic rings. The quantitative estimate of drug-likeness (QED) is 0.853. The molecule has 1 saturated heterocycles. The van der Waals surface area contributed by atoms with E-state index in [1.54, 1.807) is 6.07 Å². The van der Waals surface area contributed by atoms with E-state index >= 15 is 0 Å². The van der Waals surface area contributed by atoms with Gasteiger partial charge >= 0.3 is 5.76 Å².